The number of hydrogen-bond donors (Lipinski definition) is 3. The number of anilines is 2. The van der Waals surface area contributed by atoms with E-state index in [4.69, 9.17) is 5.73 Å². The van der Waals surface area contributed by atoms with E-state index in [1.165, 1.54) is 17.8 Å². The molecule has 1 saturated heterocycles. The number of carbonyl (C=O) groups excluding carboxylic acids is 1. The van der Waals surface area contributed by atoms with E-state index in [0.29, 0.717) is 17.2 Å². The number of piperidine rings is 1. The van der Waals surface area contributed by atoms with Gasteiger partial charge in [0.2, 0.25) is 0 Å². The highest BCUT2D eigenvalue weighted by atomic mass is 32.1. The summed E-state index contributed by atoms with van der Waals surface area (Å²) in [7, 11) is 0. The van der Waals surface area contributed by atoms with Crippen molar-refractivity contribution in [2.45, 2.75) is 33.1 Å². The lowest BCUT2D eigenvalue weighted by Gasteiger charge is -2.25. The average Bonchev–Trinajstić information content (AvgIpc) is 2.88. The van der Waals surface area contributed by atoms with Crippen molar-refractivity contribution in [2.24, 2.45) is 5.41 Å². The van der Waals surface area contributed by atoms with Gasteiger partial charge in [0.25, 0.3) is 5.91 Å². The van der Waals surface area contributed by atoms with Gasteiger partial charge in [0, 0.05) is 31.7 Å². The van der Waals surface area contributed by atoms with Crippen LogP contribution in [0.5, 0.6) is 0 Å². The molecule has 118 valence electrons. The molecule has 1 amide bonds. The summed E-state index contributed by atoms with van der Waals surface area (Å²) in [5.41, 5.74) is 5.54. The first-order valence-corrected chi connectivity index (χ1v) is 8.15. The van der Waals surface area contributed by atoms with Crippen LogP contribution in [-0.2, 0) is 0 Å². The van der Waals surface area contributed by atoms with E-state index in [-0.39, 0.29) is 17.9 Å². The Morgan fingerprint density at radius 2 is 2.10 bits per heavy atom. The molecule has 1 aliphatic rings. The maximum atomic E-state index is 12.2. The van der Waals surface area contributed by atoms with Gasteiger partial charge in [0.15, 0.2) is 5.13 Å². The standard InChI is InChI=1S/C14H24N4O2S/c1-14(2,9-19)8-16-12(20)10-11(15)17-13(21-10)18-6-4-3-5-7-18/h19H,3-9,15H2,1-2H3,(H,16,20). The smallest absolute Gasteiger partial charge is 0.265 e. The Labute approximate surface area is 129 Å². The molecule has 4 N–H and O–H groups in total. The molecule has 1 aromatic rings. The van der Waals surface area contributed by atoms with Gasteiger partial charge in [-0.15, -0.1) is 0 Å². The quantitative estimate of drug-likeness (QED) is 0.766. The molecular formula is C14H24N4O2S. The van der Waals surface area contributed by atoms with Crippen molar-refractivity contribution in [1.82, 2.24) is 10.3 Å². The molecule has 6 nitrogen and oxygen atoms in total. The fourth-order valence-electron chi connectivity index (χ4n) is 2.16. The van der Waals surface area contributed by atoms with Gasteiger partial charge < -0.3 is 21.1 Å². The molecule has 0 aromatic carbocycles. The fraction of sp³-hybridized carbons (Fsp3) is 0.714. The van der Waals surface area contributed by atoms with E-state index in [9.17, 15) is 9.90 Å². The molecule has 0 saturated carbocycles. The Bertz CT molecular complexity index is 495. The van der Waals surface area contributed by atoms with Gasteiger partial charge in [-0.05, 0) is 19.3 Å². The van der Waals surface area contributed by atoms with Gasteiger partial charge in [-0.25, -0.2) is 4.98 Å². The minimum Gasteiger partial charge on any atom is -0.396 e. The van der Waals surface area contributed by atoms with Crippen LogP contribution < -0.4 is 16.0 Å². The number of nitrogens with zero attached hydrogens (tertiary/aromatic N) is 2. The minimum absolute atomic E-state index is 0.0183. The van der Waals surface area contributed by atoms with E-state index >= 15 is 0 Å². The van der Waals surface area contributed by atoms with Crippen LogP contribution in [0.25, 0.3) is 0 Å². The van der Waals surface area contributed by atoms with Crippen LogP contribution in [0.4, 0.5) is 10.9 Å². The first-order valence-electron chi connectivity index (χ1n) is 7.33. The zero-order chi connectivity index (χ0) is 15.5. The third-order valence-electron chi connectivity index (χ3n) is 3.63. The third-order valence-corrected chi connectivity index (χ3v) is 4.76. The molecule has 1 aliphatic heterocycles. The van der Waals surface area contributed by atoms with Gasteiger partial charge in [-0.2, -0.15) is 0 Å². The molecule has 0 bridgehead atoms. The van der Waals surface area contributed by atoms with Crippen molar-refractivity contribution >= 4 is 28.2 Å². The molecule has 0 unspecified atom stereocenters. The van der Waals surface area contributed by atoms with Crippen LogP contribution in [0.2, 0.25) is 0 Å². The molecule has 7 heteroatoms. The highest BCUT2D eigenvalue weighted by Crippen LogP contribution is 2.30. The summed E-state index contributed by atoms with van der Waals surface area (Å²) in [6.07, 6.45) is 3.57. The van der Waals surface area contributed by atoms with Crippen molar-refractivity contribution < 1.29 is 9.90 Å². The number of thiazole rings is 1. The molecule has 1 fully saturated rings. The van der Waals surface area contributed by atoms with Crippen molar-refractivity contribution in [3.05, 3.63) is 4.88 Å². The second-order valence-corrected chi connectivity index (χ2v) is 7.24. The number of aliphatic hydroxyl groups excluding tert-OH is 1. The average molecular weight is 312 g/mol. The van der Waals surface area contributed by atoms with Crippen molar-refractivity contribution in [3.63, 3.8) is 0 Å². The van der Waals surface area contributed by atoms with Crippen molar-refractivity contribution in [2.75, 3.05) is 36.9 Å². The number of hydrogen-bond acceptors (Lipinski definition) is 6. The summed E-state index contributed by atoms with van der Waals surface area (Å²) < 4.78 is 0. The predicted molar refractivity (Wildman–Crippen MR) is 85.8 cm³/mol. The topological polar surface area (TPSA) is 91.5 Å². The van der Waals surface area contributed by atoms with Crippen LogP contribution in [0.3, 0.4) is 0 Å². The lowest BCUT2D eigenvalue weighted by molar-refractivity contribution is 0.0915. The van der Waals surface area contributed by atoms with Crippen LogP contribution in [0.15, 0.2) is 0 Å². The number of nitrogens with one attached hydrogen (secondary N) is 1. The predicted octanol–water partition coefficient (Wildman–Crippen LogP) is 1.46. The van der Waals surface area contributed by atoms with E-state index in [1.54, 1.807) is 0 Å². The molecule has 2 heterocycles. The summed E-state index contributed by atoms with van der Waals surface area (Å²) in [6.45, 7) is 6.16. The lowest BCUT2D eigenvalue weighted by atomic mass is 9.95. The van der Waals surface area contributed by atoms with Crippen LogP contribution in [-0.4, -0.2) is 42.2 Å². The fourth-order valence-corrected chi connectivity index (χ4v) is 3.11. The maximum absolute atomic E-state index is 12.2. The van der Waals surface area contributed by atoms with Gasteiger partial charge >= 0.3 is 0 Å². The summed E-state index contributed by atoms with van der Waals surface area (Å²) in [4.78, 5) is 19.2. The van der Waals surface area contributed by atoms with Crippen LogP contribution in [0, 0.1) is 5.41 Å². The number of carbonyl (C=O) groups is 1. The van der Waals surface area contributed by atoms with E-state index < -0.39 is 0 Å². The Hall–Kier alpha value is -1.34. The van der Waals surface area contributed by atoms with Crippen molar-refractivity contribution in [3.8, 4) is 0 Å². The zero-order valence-electron chi connectivity index (χ0n) is 12.7. The molecule has 0 aliphatic carbocycles. The van der Waals surface area contributed by atoms with Gasteiger partial charge in [0.1, 0.15) is 10.7 Å². The molecule has 0 radical (unpaired) electrons. The maximum Gasteiger partial charge on any atom is 0.265 e. The monoisotopic (exact) mass is 312 g/mol. The minimum atomic E-state index is -0.342. The number of amides is 1. The number of rotatable bonds is 5. The zero-order valence-corrected chi connectivity index (χ0v) is 13.5. The first-order chi connectivity index (χ1) is 9.93. The molecule has 0 atom stereocenters. The van der Waals surface area contributed by atoms with Gasteiger partial charge in [-0.3, -0.25) is 4.79 Å². The van der Waals surface area contributed by atoms with Crippen LogP contribution in [0.1, 0.15) is 42.8 Å². The summed E-state index contributed by atoms with van der Waals surface area (Å²) in [6, 6.07) is 0. The van der Waals surface area contributed by atoms with E-state index in [0.717, 1.165) is 31.1 Å². The van der Waals surface area contributed by atoms with Gasteiger partial charge in [-0.1, -0.05) is 25.2 Å². The number of aliphatic hydroxyl groups is 1. The Kier molecular flexibility index (Phi) is 5.05. The summed E-state index contributed by atoms with van der Waals surface area (Å²) >= 11 is 1.35. The second kappa shape index (κ2) is 6.62. The van der Waals surface area contributed by atoms with E-state index in [2.05, 4.69) is 15.2 Å². The lowest BCUT2D eigenvalue weighted by Crippen LogP contribution is -2.36. The Balaban J connectivity index is 2.02. The molecule has 21 heavy (non-hydrogen) atoms. The van der Waals surface area contributed by atoms with Crippen molar-refractivity contribution in [1.29, 1.82) is 0 Å². The molecule has 2 rings (SSSR count). The highest BCUT2D eigenvalue weighted by Gasteiger charge is 2.23. The Morgan fingerprint density at radius 1 is 1.43 bits per heavy atom. The van der Waals surface area contributed by atoms with Gasteiger partial charge in [0.05, 0.1) is 0 Å². The largest absolute Gasteiger partial charge is 0.396 e. The number of nitrogens with two attached hydrogens (primary N) is 1. The second-order valence-electron chi connectivity index (χ2n) is 6.26. The Morgan fingerprint density at radius 3 is 2.71 bits per heavy atom. The summed E-state index contributed by atoms with van der Waals surface area (Å²) in [5, 5.41) is 12.9. The third kappa shape index (κ3) is 4.07. The van der Waals surface area contributed by atoms with E-state index in [1.807, 2.05) is 13.8 Å². The number of aromatic nitrogens is 1. The normalized spacial score (nSPS) is 16.0. The SMILES string of the molecule is CC(C)(CO)CNC(=O)c1sc(N2CCCCC2)nc1N. The summed E-state index contributed by atoms with van der Waals surface area (Å²) in [5.74, 6) is 0.0784. The number of nitrogen functional groups attached to an aromatic ring is 1. The highest BCUT2D eigenvalue weighted by molar-refractivity contribution is 7.18. The molecule has 1 aromatic heterocycles. The molecular weight excluding hydrogens is 288 g/mol. The van der Waals surface area contributed by atoms with Crippen LogP contribution >= 0.6 is 11.3 Å². The first kappa shape index (κ1) is 16.0. The molecule has 0 spiro atoms.